The molecule has 0 saturated heterocycles. The summed E-state index contributed by atoms with van der Waals surface area (Å²) in [6.07, 6.45) is 2.21. The minimum atomic E-state index is -1.45. The lowest BCUT2D eigenvalue weighted by molar-refractivity contribution is -0.139. The Morgan fingerprint density at radius 2 is 1.90 bits per heavy atom. The zero-order valence-electron chi connectivity index (χ0n) is 10.6. The first-order chi connectivity index (χ1) is 9.42. The number of hydrogen-bond donors (Lipinski definition) is 3. The number of rotatable bonds is 2. The van der Waals surface area contributed by atoms with E-state index in [2.05, 4.69) is 10.9 Å². The van der Waals surface area contributed by atoms with Gasteiger partial charge in [0.1, 0.15) is 11.4 Å². The third-order valence-electron chi connectivity index (χ3n) is 3.32. The van der Waals surface area contributed by atoms with Crippen molar-refractivity contribution in [1.29, 1.82) is 0 Å². The van der Waals surface area contributed by atoms with E-state index in [1.807, 2.05) is 0 Å². The zero-order chi connectivity index (χ0) is 14.8. The molecule has 1 fully saturated rings. The van der Waals surface area contributed by atoms with Crippen LogP contribution in [0.3, 0.4) is 0 Å². The van der Waals surface area contributed by atoms with E-state index >= 15 is 0 Å². The average molecular weight is 301 g/mol. The van der Waals surface area contributed by atoms with Crippen LogP contribution < -0.4 is 10.9 Å². The predicted octanol–water partition coefficient (Wildman–Crippen LogP) is 1.55. The number of hydrazine groups is 1. The molecule has 1 aromatic carbocycles. The van der Waals surface area contributed by atoms with Crippen molar-refractivity contribution < 1.29 is 19.1 Å². The van der Waals surface area contributed by atoms with Crippen LogP contribution in [0.2, 0.25) is 5.02 Å². The van der Waals surface area contributed by atoms with E-state index in [-0.39, 0.29) is 10.6 Å². The Morgan fingerprint density at radius 1 is 1.25 bits per heavy atom. The van der Waals surface area contributed by atoms with Gasteiger partial charge < -0.3 is 5.11 Å². The molecule has 5 nitrogen and oxygen atoms in total. The smallest absolute Gasteiger partial charge is 0.272 e. The van der Waals surface area contributed by atoms with Gasteiger partial charge in [0.05, 0.1) is 5.56 Å². The lowest BCUT2D eigenvalue weighted by Gasteiger charge is -2.21. The van der Waals surface area contributed by atoms with E-state index in [1.54, 1.807) is 0 Å². The third-order valence-corrected chi connectivity index (χ3v) is 3.55. The molecule has 20 heavy (non-hydrogen) atoms. The van der Waals surface area contributed by atoms with Gasteiger partial charge in [-0.25, -0.2) is 4.39 Å². The molecule has 1 aliphatic rings. The Kier molecular flexibility index (Phi) is 4.25. The molecule has 2 rings (SSSR count). The van der Waals surface area contributed by atoms with Gasteiger partial charge in [0.2, 0.25) is 0 Å². The summed E-state index contributed by atoms with van der Waals surface area (Å²) in [5, 5.41) is 10.1. The molecule has 0 bridgehead atoms. The summed E-state index contributed by atoms with van der Waals surface area (Å²) in [5.41, 5.74) is 2.50. The van der Waals surface area contributed by atoms with Crippen molar-refractivity contribution in [3.05, 3.63) is 34.6 Å². The van der Waals surface area contributed by atoms with Crippen molar-refractivity contribution >= 4 is 23.4 Å². The highest BCUT2D eigenvalue weighted by molar-refractivity contribution is 6.30. The third kappa shape index (κ3) is 3.08. The Morgan fingerprint density at radius 3 is 2.50 bits per heavy atom. The standard InChI is InChI=1S/C13H14ClFN2O3/c14-8-3-4-9(10(15)7-8)11(18)16-17-12(19)13(20)5-1-2-6-13/h3-4,7,20H,1-2,5-6H2,(H,16,18)(H,17,19). The number of aliphatic hydroxyl groups is 1. The molecule has 7 heteroatoms. The van der Waals surface area contributed by atoms with Crippen molar-refractivity contribution in [3.8, 4) is 0 Å². The number of benzene rings is 1. The molecule has 1 aliphatic carbocycles. The molecule has 0 spiro atoms. The zero-order valence-corrected chi connectivity index (χ0v) is 11.3. The number of amides is 2. The van der Waals surface area contributed by atoms with E-state index < -0.39 is 23.2 Å². The summed E-state index contributed by atoms with van der Waals surface area (Å²) in [5.74, 6) is -2.28. The molecule has 0 radical (unpaired) electrons. The SMILES string of the molecule is O=C(NNC(=O)C1(O)CCCC1)c1ccc(Cl)cc1F. The van der Waals surface area contributed by atoms with Gasteiger partial charge in [-0.3, -0.25) is 20.4 Å². The van der Waals surface area contributed by atoms with Gasteiger partial charge >= 0.3 is 0 Å². The van der Waals surface area contributed by atoms with E-state index in [4.69, 9.17) is 11.6 Å². The van der Waals surface area contributed by atoms with E-state index in [9.17, 15) is 19.1 Å². The first kappa shape index (κ1) is 14.7. The fourth-order valence-corrected chi connectivity index (χ4v) is 2.32. The molecule has 0 heterocycles. The Labute approximate surface area is 120 Å². The second kappa shape index (κ2) is 5.76. The van der Waals surface area contributed by atoms with Crippen LogP contribution in [-0.2, 0) is 4.79 Å². The highest BCUT2D eigenvalue weighted by atomic mass is 35.5. The Bertz CT molecular complexity index is 544. The maximum absolute atomic E-state index is 13.5. The van der Waals surface area contributed by atoms with Gasteiger partial charge in [-0.1, -0.05) is 11.6 Å². The minimum absolute atomic E-state index is 0.170. The van der Waals surface area contributed by atoms with Crippen LogP contribution in [0.4, 0.5) is 4.39 Å². The van der Waals surface area contributed by atoms with Crippen LogP contribution in [0, 0.1) is 5.82 Å². The normalized spacial score (nSPS) is 16.8. The van der Waals surface area contributed by atoms with Gasteiger partial charge in [0.25, 0.3) is 11.8 Å². The number of carbonyl (C=O) groups excluding carboxylic acids is 2. The average Bonchev–Trinajstić information content (AvgIpc) is 2.84. The quantitative estimate of drug-likeness (QED) is 0.725. The fraction of sp³-hybridized carbons (Fsp3) is 0.385. The topological polar surface area (TPSA) is 78.4 Å². The molecule has 0 aromatic heterocycles. The molecular weight excluding hydrogens is 287 g/mol. The Hall–Kier alpha value is -1.66. The minimum Gasteiger partial charge on any atom is -0.380 e. The second-order valence-electron chi connectivity index (χ2n) is 4.77. The van der Waals surface area contributed by atoms with Gasteiger partial charge in [0.15, 0.2) is 0 Å². The summed E-state index contributed by atoms with van der Waals surface area (Å²) in [4.78, 5) is 23.5. The first-order valence-corrected chi connectivity index (χ1v) is 6.58. The number of carbonyl (C=O) groups is 2. The molecular formula is C13H14ClFN2O3. The number of hydrogen-bond acceptors (Lipinski definition) is 3. The molecule has 0 aliphatic heterocycles. The largest absolute Gasteiger partial charge is 0.380 e. The molecule has 2 amide bonds. The van der Waals surface area contributed by atoms with Gasteiger partial charge in [-0.2, -0.15) is 0 Å². The van der Waals surface area contributed by atoms with Crippen molar-refractivity contribution in [1.82, 2.24) is 10.9 Å². The van der Waals surface area contributed by atoms with Crippen LogP contribution in [0.15, 0.2) is 18.2 Å². The first-order valence-electron chi connectivity index (χ1n) is 6.20. The van der Waals surface area contributed by atoms with Crippen molar-refractivity contribution in [2.45, 2.75) is 31.3 Å². The van der Waals surface area contributed by atoms with Gasteiger partial charge in [0, 0.05) is 5.02 Å². The summed E-state index contributed by atoms with van der Waals surface area (Å²) < 4.78 is 13.5. The summed E-state index contributed by atoms with van der Waals surface area (Å²) in [6.45, 7) is 0. The van der Waals surface area contributed by atoms with E-state index in [0.29, 0.717) is 12.8 Å². The highest BCUT2D eigenvalue weighted by Crippen LogP contribution is 2.29. The molecule has 0 atom stereocenters. The van der Waals surface area contributed by atoms with Gasteiger partial charge in [-0.05, 0) is 43.9 Å². The summed E-state index contributed by atoms with van der Waals surface area (Å²) in [7, 11) is 0. The maximum Gasteiger partial charge on any atom is 0.272 e. The highest BCUT2D eigenvalue weighted by Gasteiger charge is 2.39. The monoisotopic (exact) mass is 300 g/mol. The molecule has 1 saturated carbocycles. The molecule has 108 valence electrons. The van der Waals surface area contributed by atoms with Crippen LogP contribution in [-0.4, -0.2) is 22.5 Å². The van der Waals surface area contributed by atoms with Crippen LogP contribution in [0.1, 0.15) is 36.0 Å². The van der Waals surface area contributed by atoms with Crippen molar-refractivity contribution in [2.24, 2.45) is 0 Å². The molecule has 1 aromatic rings. The van der Waals surface area contributed by atoms with Crippen molar-refractivity contribution in [2.75, 3.05) is 0 Å². The number of halogens is 2. The van der Waals surface area contributed by atoms with Crippen LogP contribution in [0.5, 0.6) is 0 Å². The van der Waals surface area contributed by atoms with Crippen LogP contribution >= 0.6 is 11.6 Å². The lowest BCUT2D eigenvalue weighted by Crippen LogP contribution is -2.52. The molecule has 0 unspecified atom stereocenters. The van der Waals surface area contributed by atoms with E-state index in [0.717, 1.165) is 18.9 Å². The predicted molar refractivity (Wildman–Crippen MR) is 70.4 cm³/mol. The van der Waals surface area contributed by atoms with Crippen LogP contribution in [0.25, 0.3) is 0 Å². The lowest BCUT2D eigenvalue weighted by atomic mass is 10.0. The van der Waals surface area contributed by atoms with E-state index in [1.165, 1.54) is 12.1 Å². The van der Waals surface area contributed by atoms with Crippen molar-refractivity contribution in [3.63, 3.8) is 0 Å². The fourth-order valence-electron chi connectivity index (χ4n) is 2.16. The summed E-state index contributed by atoms with van der Waals surface area (Å²) >= 11 is 5.58. The Balaban J connectivity index is 1.97. The van der Waals surface area contributed by atoms with Gasteiger partial charge in [-0.15, -0.1) is 0 Å². The second-order valence-corrected chi connectivity index (χ2v) is 5.21. The number of nitrogens with one attached hydrogen (secondary N) is 2. The summed E-state index contributed by atoms with van der Waals surface area (Å²) in [6, 6.07) is 3.58. The maximum atomic E-state index is 13.5. The molecule has 3 N–H and O–H groups in total.